The molecule has 1 saturated heterocycles. The molecule has 1 aliphatic heterocycles. The molecule has 24 heavy (non-hydrogen) atoms. The average molecular weight is 343 g/mol. The van der Waals surface area contributed by atoms with Gasteiger partial charge in [-0.2, -0.15) is 0 Å². The summed E-state index contributed by atoms with van der Waals surface area (Å²) >= 11 is 1.51. The number of hydrogen-bond donors (Lipinski definition) is 0. The number of hydrogen-bond acceptors (Lipinski definition) is 5. The molecule has 1 aromatic heterocycles. The Bertz CT molecular complexity index is 732. The summed E-state index contributed by atoms with van der Waals surface area (Å²) in [5.74, 6) is 0.618. The first-order valence-corrected chi connectivity index (χ1v) is 9.55. The van der Waals surface area contributed by atoms with Gasteiger partial charge in [0.15, 0.2) is 0 Å². The number of amides is 1. The highest BCUT2D eigenvalue weighted by Gasteiger charge is 2.36. The molecular formula is C18H21N3O2S. The van der Waals surface area contributed by atoms with Crippen molar-refractivity contribution in [3.05, 3.63) is 30.6 Å². The molecule has 1 saturated carbocycles. The van der Waals surface area contributed by atoms with Crippen LogP contribution >= 0.6 is 11.8 Å². The maximum absolute atomic E-state index is 12.8. The Morgan fingerprint density at radius 2 is 2.12 bits per heavy atom. The maximum Gasteiger partial charge on any atom is 0.233 e. The molecule has 126 valence electrons. The Kier molecular flexibility index (Phi) is 4.67. The van der Waals surface area contributed by atoms with Crippen LogP contribution in [0, 0.1) is 0 Å². The Morgan fingerprint density at radius 3 is 3.08 bits per heavy atom. The quantitative estimate of drug-likeness (QED) is 0.633. The molecule has 0 N–H and O–H groups in total. The van der Waals surface area contributed by atoms with E-state index in [-0.39, 0.29) is 18.1 Å². The standard InChI is InChI=1S/C18H21N3O2S/c22-17(21-9-10-23-16-8-4-3-7-15(16)21)11-24-18-13-5-1-2-6-14(13)19-12-20-18/h1-2,5-6,12,15-16H,3-4,7-11H2/t15-,16-/m0/s1. The second-order valence-corrected chi connectivity index (χ2v) is 7.30. The van der Waals surface area contributed by atoms with Crippen molar-refractivity contribution in [3.63, 3.8) is 0 Å². The maximum atomic E-state index is 12.8. The molecule has 1 aliphatic carbocycles. The molecule has 0 radical (unpaired) electrons. The van der Waals surface area contributed by atoms with Crippen LogP contribution in [0.3, 0.4) is 0 Å². The Hall–Kier alpha value is -1.66. The van der Waals surface area contributed by atoms with Crippen molar-refractivity contribution >= 4 is 28.6 Å². The van der Waals surface area contributed by atoms with Crippen molar-refractivity contribution in [3.8, 4) is 0 Å². The number of para-hydroxylation sites is 1. The number of fused-ring (bicyclic) bond motifs is 2. The van der Waals surface area contributed by atoms with Crippen molar-refractivity contribution in [1.82, 2.24) is 14.9 Å². The lowest BCUT2D eigenvalue weighted by Gasteiger charge is -2.43. The molecule has 2 fully saturated rings. The summed E-state index contributed by atoms with van der Waals surface area (Å²) in [4.78, 5) is 23.5. The minimum atomic E-state index is 0.197. The van der Waals surface area contributed by atoms with Crippen molar-refractivity contribution in [2.75, 3.05) is 18.9 Å². The molecule has 1 amide bonds. The molecule has 0 spiro atoms. The van der Waals surface area contributed by atoms with E-state index in [9.17, 15) is 4.79 Å². The highest BCUT2D eigenvalue weighted by molar-refractivity contribution is 8.00. The van der Waals surface area contributed by atoms with Gasteiger partial charge in [-0.25, -0.2) is 9.97 Å². The fourth-order valence-corrected chi connectivity index (χ4v) is 4.59. The lowest BCUT2D eigenvalue weighted by molar-refractivity contribution is -0.146. The summed E-state index contributed by atoms with van der Waals surface area (Å²) in [5, 5.41) is 1.89. The normalized spacial score (nSPS) is 23.9. The molecule has 5 nitrogen and oxygen atoms in total. The number of thioether (sulfide) groups is 1. The average Bonchev–Trinajstić information content (AvgIpc) is 2.65. The summed E-state index contributed by atoms with van der Waals surface area (Å²) in [6.07, 6.45) is 6.36. The molecule has 2 aromatic rings. The van der Waals surface area contributed by atoms with Crippen LogP contribution in [-0.4, -0.2) is 51.8 Å². The van der Waals surface area contributed by atoms with Crippen molar-refractivity contribution < 1.29 is 9.53 Å². The van der Waals surface area contributed by atoms with Gasteiger partial charge in [0.25, 0.3) is 0 Å². The number of benzene rings is 1. The number of ether oxygens (including phenoxy) is 1. The summed E-state index contributed by atoms with van der Waals surface area (Å²) < 4.78 is 5.86. The van der Waals surface area contributed by atoms with Crippen molar-refractivity contribution in [1.29, 1.82) is 0 Å². The highest BCUT2D eigenvalue weighted by Crippen LogP contribution is 2.30. The third-order valence-corrected chi connectivity index (χ3v) is 5.88. The first-order chi connectivity index (χ1) is 11.8. The Morgan fingerprint density at radius 1 is 1.25 bits per heavy atom. The van der Waals surface area contributed by atoms with Crippen LogP contribution in [0.15, 0.2) is 35.6 Å². The van der Waals surface area contributed by atoms with E-state index in [1.165, 1.54) is 24.6 Å². The first kappa shape index (κ1) is 15.8. The summed E-state index contributed by atoms with van der Waals surface area (Å²) in [7, 11) is 0. The smallest absolute Gasteiger partial charge is 0.233 e. The second-order valence-electron chi connectivity index (χ2n) is 6.33. The summed E-state index contributed by atoms with van der Waals surface area (Å²) in [6, 6.07) is 8.19. The minimum absolute atomic E-state index is 0.197. The predicted molar refractivity (Wildman–Crippen MR) is 94.0 cm³/mol. The number of carbonyl (C=O) groups is 1. The van der Waals surface area contributed by atoms with E-state index >= 15 is 0 Å². The van der Waals surface area contributed by atoms with E-state index in [0.717, 1.165) is 28.8 Å². The van der Waals surface area contributed by atoms with Crippen LogP contribution in [0.2, 0.25) is 0 Å². The molecule has 2 aliphatic rings. The van der Waals surface area contributed by atoms with E-state index in [0.29, 0.717) is 18.9 Å². The zero-order valence-electron chi connectivity index (χ0n) is 13.6. The minimum Gasteiger partial charge on any atom is -0.374 e. The van der Waals surface area contributed by atoms with Crippen LogP contribution in [0.4, 0.5) is 0 Å². The van der Waals surface area contributed by atoms with Crippen LogP contribution in [0.25, 0.3) is 10.9 Å². The van der Waals surface area contributed by atoms with Crippen LogP contribution in [-0.2, 0) is 9.53 Å². The lowest BCUT2D eigenvalue weighted by atomic mass is 9.90. The van der Waals surface area contributed by atoms with E-state index in [1.54, 1.807) is 6.33 Å². The molecule has 0 bridgehead atoms. The van der Waals surface area contributed by atoms with E-state index in [4.69, 9.17) is 4.74 Å². The van der Waals surface area contributed by atoms with E-state index in [2.05, 4.69) is 9.97 Å². The van der Waals surface area contributed by atoms with Gasteiger partial charge in [-0.3, -0.25) is 4.79 Å². The predicted octanol–water partition coefficient (Wildman–Crippen LogP) is 2.89. The number of rotatable bonds is 3. The summed E-state index contributed by atoms with van der Waals surface area (Å²) in [5.41, 5.74) is 0.918. The molecule has 1 aromatic carbocycles. The first-order valence-electron chi connectivity index (χ1n) is 8.56. The monoisotopic (exact) mass is 343 g/mol. The molecule has 6 heteroatoms. The van der Waals surface area contributed by atoms with Gasteiger partial charge in [0.05, 0.1) is 30.0 Å². The largest absolute Gasteiger partial charge is 0.374 e. The van der Waals surface area contributed by atoms with Crippen LogP contribution in [0.1, 0.15) is 25.7 Å². The van der Waals surface area contributed by atoms with Gasteiger partial charge in [0.1, 0.15) is 11.4 Å². The van der Waals surface area contributed by atoms with Gasteiger partial charge in [0, 0.05) is 11.9 Å². The number of nitrogens with zero attached hydrogens (tertiary/aromatic N) is 3. The van der Waals surface area contributed by atoms with Gasteiger partial charge in [-0.1, -0.05) is 42.8 Å². The lowest BCUT2D eigenvalue weighted by Crippen LogP contribution is -2.55. The topological polar surface area (TPSA) is 55.3 Å². The number of carbonyl (C=O) groups excluding carboxylic acids is 1. The van der Waals surface area contributed by atoms with Gasteiger partial charge in [-0.15, -0.1) is 0 Å². The van der Waals surface area contributed by atoms with Gasteiger partial charge in [0.2, 0.25) is 5.91 Å². The fraction of sp³-hybridized carbons (Fsp3) is 0.500. The molecular weight excluding hydrogens is 322 g/mol. The molecule has 4 rings (SSSR count). The zero-order chi connectivity index (χ0) is 16.4. The van der Waals surface area contributed by atoms with Crippen molar-refractivity contribution in [2.45, 2.75) is 42.9 Å². The molecule has 2 atom stereocenters. The van der Waals surface area contributed by atoms with Crippen molar-refractivity contribution in [2.24, 2.45) is 0 Å². The third kappa shape index (κ3) is 3.13. The molecule has 2 heterocycles. The zero-order valence-corrected chi connectivity index (χ0v) is 14.4. The van der Waals surface area contributed by atoms with E-state index in [1.807, 2.05) is 29.2 Å². The second kappa shape index (κ2) is 7.07. The van der Waals surface area contributed by atoms with Crippen LogP contribution in [0.5, 0.6) is 0 Å². The number of morpholine rings is 1. The third-order valence-electron chi connectivity index (χ3n) is 4.89. The van der Waals surface area contributed by atoms with Gasteiger partial charge >= 0.3 is 0 Å². The highest BCUT2D eigenvalue weighted by atomic mass is 32.2. The SMILES string of the molecule is O=C(CSc1ncnc2ccccc12)N1CCO[C@H]2CCCC[C@@H]21. The van der Waals surface area contributed by atoms with Gasteiger partial charge < -0.3 is 9.64 Å². The van der Waals surface area contributed by atoms with Crippen LogP contribution < -0.4 is 0 Å². The van der Waals surface area contributed by atoms with Gasteiger partial charge in [-0.05, 0) is 18.9 Å². The molecule has 0 unspecified atom stereocenters. The fourth-order valence-electron chi connectivity index (χ4n) is 3.71. The van der Waals surface area contributed by atoms with E-state index < -0.39 is 0 Å². The Balaban J connectivity index is 1.46. The summed E-state index contributed by atoms with van der Waals surface area (Å²) in [6.45, 7) is 1.37. The number of aromatic nitrogens is 2. The Labute approximate surface area is 145 Å².